The lowest BCUT2D eigenvalue weighted by molar-refractivity contribution is 0.0988. The molecular formula is C23H19N5O2. The van der Waals surface area contributed by atoms with Crippen LogP contribution in [0.4, 0.5) is 5.69 Å². The molecule has 0 spiro atoms. The average molecular weight is 397 g/mol. The van der Waals surface area contributed by atoms with Crippen molar-refractivity contribution in [1.82, 2.24) is 14.4 Å². The van der Waals surface area contributed by atoms with Crippen molar-refractivity contribution >= 4 is 17.2 Å². The van der Waals surface area contributed by atoms with E-state index in [9.17, 15) is 4.79 Å². The van der Waals surface area contributed by atoms with E-state index in [0.29, 0.717) is 22.6 Å². The lowest BCUT2D eigenvalue weighted by Gasteiger charge is -2.17. The molecule has 4 aromatic rings. The lowest BCUT2D eigenvalue weighted by atomic mass is 10.1. The van der Waals surface area contributed by atoms with Gasteiger partial charge in [-0.15, -0.1) is 0 Å². The summed E-state index contributed by atoms with van der Waals surface area (Å²) in [6.45, 7) is 1.98. The number of imidazole rings is 1. The normalized spacial score (nSPS) is 10.6. The quantitative estimate of drug-likeness (QED) is 0.522. The van der Waals surface area contributed by atoms with Crippen LogP contribution >= 0.6 is 0 Å². The lowest BCUT2D eigenvalue weighted by Crippen LogP contribution is -2.27. The number of anilines is 1. The zero-order chi connectivity index (χ0) is 21.3. The third-order valence-corrected chi connectivity index (χ3v) is 4.99. The molecule has 7 nitrogen and oxygen atoms in total. The monoisotopic (exact) mass is 397 g/mol. The van der Waals surface area contributed by atoms with Gasteiger partial charge >= 0.3 is 0 Å². The van der Waals surface area contributed by atoms with Crippen molar-refractivity contribution in [1.29, 1.82) is 5.26 Å². The second-order valence-corrected chi connectivity index (χ2v) is 6.85. The number of benzene rings is 2. The second-order valence-electron chi connectivity index (χ2n) is 6.85. The molecule has 7 heteroatoms. The Hall–Kier alpha value is -4.18. The maximum atomic E-state index is 13.0. The van der Waals surface area contributed by atoms with Crippen LogP contribution < -0.4 is 9.64 Å². The van der Waals surface area contributed by atoms with Gasteiger partial charge in [-0.05, 0) is 55.0 Å². The van der Waals surface area contributed by atoms with E-state index in [1.165, 1.54) is 4.90 Å². The van der Waals surface area contributed by atoms with Crippen molar-refractivity contribution in [2.75, 3.05) is 19.1 Å². The zero-order valence-electron chi connectivity index (χ0n) is 16.8. The van der Waals surface area contributed by atoms with Gasteiger partial charge in [0.2, 0.25) is 0 Å². The molecule has 1 amide bonds. The van der Waals surface area contributed by atoms with Gasteiger partial charge in [-0.25, -0.2) is 9.97 Å². The topological polar surface area (TPSA) is 83.5 Å². The highest BCUT2D eigenvalue weighted by molar-refractivity contribution is 6.04. The standard InChI is InChI=1S/C23H19N5O2/c1-15-10-17(6-9-21(15)30-3)20-12-26-22-13-25-19(14-28(20)22)23(29)27(2)18-7-4-16(11-24)5-8-18/h4-10,12-14H,1-3H3. The summed E-state index contributed by atoms with van der Waals surface area (Å²) in [4.78, 5) is 23.2. The summed E-state index contributed by atoms with van der Waals surface area (Å²) >= 11 is 0. The molecule has 0 fully saturated rings. The van der Waals surface area contributed by atoms with E-state index in [2.05, 4.69) is 16.0 Å². The molecule has 2 heterocycles. The number of nitriles is 1. The molecule has 0 saturated heterocycles. The number of methoxy groups -OCH3 is 1. The van der Waals surface area contributed by atoms with Crippen LogP contribution in [0, 0.1) is 18.3 Å². The number of hydrogen-bond acceptors (Lipinski definition) is 5. The molecule has 30 heavy (non-hydrogen) atoms. The van der Waals surface area contributed by atoms with E-state index in [4.69, 9.17) is 10.00 Å². The predicted molar refractivity (Wildman–Crippen MR) is 114 cm³/mol. The molecule has 0 bridgehead atoms. The van der Waals surface area contributed by atoms with Crippen molar-refractivity contribution < 1.29 is 9.53 Å². The molecule has 0 aliphatic heterocycles. The van der Waals surface area contributed by atoms with Gasteiger partial charge in [0.05, 0.1) is 36.8 Å². The summed E-state index contributed by atoms with van der Waals surface area (Å²) < 4.78 is 7.19. The van der Waals surface area contributed by atoms with E-state index in [1.807, 2.05) is 29.5 Å². The van der Waals surface area contributed by atoms with Gasteiger partial charge < -0.3 is 9.64 Å². The SMILES string of the molecule is COc1ccc(-c2cnc3cnc(C(=O)N(C)c4ccc(C#N)cc4)cn23)cc1C. The van der Waals surface area contributed by atoms with E-state index in [-0.39, 0.29) is 5.91 Å². The summed E-state index contributed by atoms with van der Waals surface area (Å²) in [7, 11) is 3.32. The number of carbonyl (C=O) groups is 1. The summed E-state index contributed by atoms with van der Waals surface area (Å²) in [5.41, 5.74) is 4.99. The summed E-state index contributed by atoms with van der Waals surface area (Å²) in [5, 5.41) is 8.94. The maximum Gasteiger partial charge on any atom is 0.278 e. The first kappa shape index (κ1) is 19.2. The number of rotatable bonds is 4. The fourth-order valence-corrected chi connectivity index (χ4v) is 3.30. The first-order chi connectivity index (χ1) is 14.5. The van der Waals surface area contributed by atoms with Crippen molar-refractivity contribution in [3.05, 3.63) is 77.9 Å². The fraction of sp³-hybridized carbons (Fsp3) is 0.130. The largest absolute Gasteiger partial charge is 0.496 e. The van der Waals surface area contributed by atoms with Crippen molar-refractivity contribution in [3.8, 4) is 23.1 Å². The number of amides is 1. The number of nitrogens with zero attached hydrogens (tertiary/aromatic N) is 5. The van der Waals surface area contributed by atoms with Crippen LogP contribution in [0.5, 0.6) is 5.75 Å². The Morgan fingerprint density at radius 1 is 1.13 bits per heavy atom. The maximum absolute atomic E-state index is 13.0. The van der Waals surface area contributed by atoms with Crippen molar-refractivity contribution in [3.63, 3.8) is 0 Å². The molecule has 148 valence electrons. The minimum Gasteiger partial charge on any atom is -0.496 e. The first-order valence-corrected chi connectivity index (χ1v) is 9.28. The molecule has 4 rings (SSSR count). The molecular weight excluding hydrogens is 378 g/mol. The molecule has 2 aromatic heterocycles. The van der Waals surface area contributed by atoms with Crippen LogP contribution in [0.2, 0.25) is 0 Å². The summed E-state index contributed by atoms with van der Waals surface area (Å²) in [6, 6.07) is 14.8. The molecule has 0 unspecified atom stereocenters. The van der Waals surface area contributed by atoms with Gasteiger partial charge in [0.15, 0.2) is 5.65 Å². The summed E-state index contributed by atoms with van der Waals surface area (Å²) in [6.07, 6.45) is 5.04. The Morgan fingerprint density at radius 3 is 2.57 bits per heavy atom. The van der Waals surface area contributed by atoms with Crippen LogP contribution in [0.25, 0.3) is 16.9 Å². The van der Waals surface area contributed by atoms with Gasteiger partial charge in [0.1, 0.15) is 11.4 Å². The van der Waals surface area contributed by atoms with Crippen LogP contribution in [0.3, 0.4) is 0 Å². The molecule has 0 saturated carbocycles. The van der Waals surface area contributed by atoms with E-state index in [0.717, 1.165) is 22.6 Å². The fourth-order valence-electron chi connectivity index (χ4n) is 3.30. The van der Waals surface area contributed by atoms with E-state index >= 15 is 0 Å². The Kier molecular flexibility index (Phi) is 4.90. The summed E-state index contributed by atoms with van der Waals surface area (Å²) in [5.74, 6) is 0.557. The number of aromatic nitrogens is 3. The highest BCUT2D eigenvalue weighted by atomic mass is 16.5. The highest BCUT2D eigenvalue weighted by Gasteiger charge is 2.17. The van der Waals surface area contributed by atoms with Gasteiger partial charge in [-0.2, -0.15) is 5.26 Å². The van der Waals surface area contributed by atoms with E-state index < -0.39 is 0 Å². The molecule has 0 radical (unpaired) electrons. The number of aryl methyl sites for hydroxylation is 1. The van der Waals surface area contributed by atoms with Crippen LogP contribution in [-0.2, 0) is 0 Å². The Balaban J connectivity index is 1.70. The molecule has 0 N–H and O–H groups in total. The van der Waals surface area contributed by atoms with Crippen LogP contribution in [-0.4, -0.2) is 34.4 Å². The number of carbonyl (C=O) groups excluding carboxylic acids is 1. The molecule has 0 atom stereocenters. The minimum atomic E-state index is -0.257. The average Bonchev–Trinajstić information content (AvgIpc) is 3.21. The molecule has 0 aliphatic carbocycles. The second kappa shape index (κ2) is 7.68. The van der Waals surface area contributed by atoms with Crippen molar-refractivity contribution in [2.24, 2.45) is 0 Å². The minimum absolute atomic E-state index is 0.257. The van der Waals surface area contributed by atoms with Crippen LogP contribution in [0.15, 0.2) is 61.1 Å². The Bertz CT molecular complexity index is 1290. The zero-order valence-corrected chi connectivity index (χ0v) is 16.8. The van der Waals surface area contributed by atoms with Crippen LogP contribution in [0.1, 0.15) is 21.6 Å². The number of fused-ring (bicyclic) bond motifs is 1. The number of ether oxygens (including phenoxy) is 1. The Morgan fingerprint density at radius 2 is 1.90 bits per heavy atom. The highest BCUT2D eigenvalue weighted by Crippen LogP contribution is 2.27. The molecule has 0 aliphatic rings. The Labute approximate surface area is 173 Å². The smallest absolute Gasteiger partial charge is 0.278 e. The van der Waals surface area contributed by atoms with Gasteiger partial charge in [-0.1, -0.05) is 0 Å². The van der Waals surface area contributed by atoms with E-state index in [1.54, 1.807) is 57.0 Å². The van der Waals surface area contributed by atoms with Gasteiger partial charge in [0, 0.05) is 24.5 Å². The third-order valence-electron chi connectivity index (χ3n) is 4.99. The van der Waals surface area contributed by atoms with Crippen molar-refractivity contribution in [2.45, 2.75) is 6.92 Å². The first-order valence-electron chi connectivity index (χ1n) is 9.28. The van der Waals surface area contributed by atoms with Gasteiger partial charge in [0.25, 0.3) is 5.91 Å². The third kappa shape index (κ3) is 3.35. The predicted octanol–water partition coefficient (Wildman–Crippen LogP) is 3.86. The number of hydrogen-bond donors (Lipinski definition) is 0. The molecule has 2 aromatic carbocycles. The van der Waals surface area contributed by atoms with Gasteiger partial charge in [-0.3, -0.25) is 9.20 Å².